The zero-order valence-electron chi connectivity index (χ0n) is 12.5. The molecule has 6 heteroatoms. The Morgan fingerprint density at radius 3 is 2.57 bits per heavy atom. The van der Waals surface area contributed by atoms with Crippen molar-refractivity contribution in [2.45, 2.75) is 13.0 Å². The highest BCUT2D eigenvalue weighted by Gasteiger charge is 2.15. The van der Waals surface area contributed by atoms with Gasteiger partial charge in [-0.3, -0.25) is 4.79 Å². The fraction of sp³-hybridized carbons (Fsp3) is 0.118. The van der Waals surface area contributed by atoms with Crippen molar-refractivity contribution in [2.75, 3.05) is 0 Å². The van der Waals surface area contributed by atoms with Crippen LogP contribution in [0, 0.1) is 0 Å². The highest BCUT2D eigenvalue weighted by Crippen LogP contribution is 2.19. The highest BCUT2D eigenvalue weighted by molar-refractivity contribution is 9.10. The molecule has 0 aliphatic rings. The first-order valence-electron chi connectivity index (χ1n) is 7.18. The van der Waals surface area contributed by atoms with Crippen molar-refractivity contribution in [1.82, 2.24) is 20.3 Å². The SMILES string of the molecule is C[C@@H](NC(=O)c1cn(-c2ccccc2Br)nn1)c1ccccc1. The molecule has 1 N–H and O–H groups in total. The molecule has 2 aromatic carbocycles. The smallest absolute Gasteiger partial charge is 0.273 e. The van der Waals surface area contributed by atoms with Crippen LogP contribution in [0.1, 0.15) is 29.0 Å². The second-order valence-corrected chi connectivity index (χ2v) is 5.96. The Morgan fingerprint density at radius 1 is 1.13 bits per heavy atom. The first kappa shape index (κ1) is 15.4. The second kappa shape index (κ2) is 6.75. The van der Waals surface area contributed by atoms with Crippen LogP contribution in [0.4, 0.5) is 0 Å². The van der Waals surface area contributed by atoms with E-state index in [9.17, 15) is 4.79 Å². The van der Waals surface area contributed by atoms with Crippen molar-refractivity contribution in [3.63, 3.8) is 0 Å². The van der Waals surface area contributed by atoms with E-state index in [-0.39, 0.29) is 17.6 Å². The van der Waals surface area contributed by atoms with Gasteiger partial charge in [0.05, 0.1) is 17.9 Å². The quantitative estimate of drug-likeness (QED) is 0.764. The Bertz CT molecular complexity index is 816. The molecule has 1 aromatic heterocycles. The number of nitrogens with zero attached hydrogens (tertiary/aromatic N) is 3. The summed E-state index contributed by atoms with van der Waals surface area (Å²) in [6.07, 6.45) is 1.62. The molecule has 0 aliphatic heterocycles. The van der Waals surface area contributed by atoms with Gasteiger partial charge in [0.1, 0.15) is 0 Å². The standard InChI is InChI=1S/C17H15BrN4O/c1-12(13-7-3-2-4-8-13)19-17(23)15-11-22(21-20-15)16-10-6-5-9-14(16)18/h2-12H,1H3,(H,19,23)/t12-/m1/s1. The van der Waals surface area contributed by atoms with Crippen LogP contribution < -0.4 is 5.32 Å². The van der Waals surface area contributed by atoms with Crippen LogP contribution in [0.5, 0.6) is 0 Å². The fourth-order valence-corrected chi connectivity index (χ4v) is 2.69. The summed E-state index contributed by atoms with van der Waals surface area (Å²) in [5.41, 5.74) is 2.15. The van der Waals surface area contributed by atoms with Gasteiger partial charge in [-0.2, -0.15) is 0 Å². The summed E-state index contributed by atoms with van der Waals surface area (Å²) in [4.78, 5) is 12.3. The first-order valence-corrected chi connectivity index (χ1v) is 7.97. The van der Waals surface area contributed by atoms with E-state index in [4.69, 9.17) is 0 Å². The second-order valence-electron chi connectivity index (χ2n) is 5.11. The number of nitrogens with one attached hydrogen (secondary N) is 1. The minimum Gasteiger partial charge on any atom is -0.344 e. The lowest BCUT2D eigenvalue weighted by Crippen LogP contribution is -2.26. The van der Waals surface area contributed by atoms with E-state index in [0.29, 0.717) is 0 Å². The molecular weight excluding hydrogens is 356 g/mol. The van der Waals surface area contributed by atoms with Crippen molar-refractivity contribution in [1.29, 1.82) is 0 Å². The van der Waals surface area contributed by atoms with E-state index in [1.54, 1.807) is 10.9 Å². The molecule has 1 heterocycles. The third kappa shape index (κ3) is 3.48. The van der Waals surface area contributed by atoms with E-state index >= 15 is 0 Å². The maximum absolute atomic E-state index is 12.3. The lowest BCUT2D eigenvalue weighted by molar-refractivity contribution is 0.0935. The predicted octanol–water partition coefficient (Wildman–Crippen LogP) is 3.52. The topological polar surface area (TPSA) is 59.8 Å². The normalized spacial score (nSPS) is 11.9. The molecule has 0 spiro atoms. The molecule has 3 rings (SSSR count). The van der Waals surface area contributed by atoms with Crippen molar-refractivity contribution in [2.24, 2.45) is 0 Å². The average Bonchev–Trinajstić information content (AvgIpc) is 3.06. The van der Waals surface area contributed by atoms with Crippen molar-refractivity contribution in [3.05, 3.63) is 76.5 Å². The van der Waals surface area contributed by atoms with Gasteiger partial charge < -0.3 is 5.32 Å². The zero-order valence-corrected chi connectivity index (χ0v) is 14.1. The minimum atomic E-state index is -0.250. The zero-order chi connectivity index (χ0) is 16.2. The summed E-state index contributed by atoms with van der Waals surface area (Å²) in [6, 6.07) is 17.3. The van der Waals surface area contributed by atoms with E-state index in [2.05, 4.69) is 31.6 Å². The molecule has 0 saturated carbocycles. The van der Waals surface area contributed by atoms with Crippen LogP contribution in [0.15, 0.2) is 65.3 Å². The summed E-state index contributed by atoms with van der Waals surface area (Å²) in [5.74, 6) is -0.250. The van der Waals surface area contributed by atoms with Gasteiger partial charge in [0, 0.05) is 4.47 Å². The number of aromatic nitrogens is 3. The third-order valence-corrected chi connectivity index (χ3v) is 4.14. The first-order chi connectivity index (χ1) is 11.1. The van der Waals surface area contributed by atoms with E-state index in [1.807, 2.05) is 61.5 Å². The van der Waals surface area contributed by atoms with Crippen molar-refractivity contribution < 1.29 is 4.79 Å². The van der Waals surface area contributed by atoms with Gasteiger partial charge in [-0.05, 0) is 40.5 Å². The van der Waals surface area contributed by atoms with Gasteiger partial charge in [0.2, 0.25) is 0 Å². The number of carbonyl (C=O) groups excluding carboxylic acids is 1. The van der Waals surface area contributed by atoms with Gasteiger partial charge in [0.25, 0.3) is 5.91 Å². The maximum atomic E-state index is 12.3. The highest BCUT2D eigenvalue weighted by atomic mass is 79.9. The molecule has 0 aliphatic carbocycles. The molecule has 3 aromatic rings. The van der Waals surface area contributed by atoms with Crippen LogP contribution in [-0.2, 0) is 0 Å². The molecule has 0 fully saturated rings. The molecule has 116 valence electrons. The number of benzene rings is 2. The van der Waals surface area contributed by atoms with Gasteiger partial charge in [-0.25, -0.2) is 4.68 Å². The Labute approximate surface area is 142 Å². The summed E-state index contributed by atoms with van der Waals surface area (Å²) < 4.78 is 2.46. The third-order valence-electron chi connectivity index (χ3n) is 3.47. The van der Waals surface area contributed by atoms with E-state index < -0.39 is 0 Å². The van der Waals surface area contributed by atoms with Gasteiger partial charge in [-0.1, -0.05) is 47.7 Å². The average molecular weight is 371 g/mol. The number of carbonyl (C=O) groups is 1. The monoisotopic (exact) mass is 370 g/mol. The van der Waals surface area contributed by atoms with Crippen LogP contribution in [0.3, 0.4) is 0 Å². The molecule has 1 amide bonds. The van der Waals surface area contributed by atoms with Crippen LogP contribution in [0.2, 0.25) is 0 Å². The Balaban J connectivity index is 1.75. The van der Waals surface area contributed by atoms with Crippen LogP contribution in [-0.4, -0.2) is 20.9 Å². The number of amides is 1. The van der Waals surface area contributed by atoms with Crippen LogP contribution >= 0.6 is 15.9 Å². The van der Waals surface area contributed by atoms with E-state index in [1.165, 1.54) is 0 Å². The van der Waals surface area contributed by atoms with Gasteiger partial charge in [-0.15, -0.1) is 5.10 Å². The van der Waals surface area contributed by atoms with Crippen molar-refractivity contribution >= 4 is 21.8 Å². The molecule has 5 nitrogen and oxygen atoms in total. The Morgan fingerprint density at radius 2 is 1.83 bits per heavy atom. The number of hydrogen-bond donors (Lipinski definition) is 1. The summed E-state index contributed by atoms with van der Waals surface area (Å²) in [5, 5.41) is 10.9. The number of hydrogen-bond acceptors (Lipinski definition) is 3. The molecule has 0 radical (unpaired) electrons. The lowest BCUT2D eigenvalue weighted by atomic mass is 10.1. The lowest BCUT2D eigenvalue weighted by Gasteiger charge is -2.12. The summed E-state index contributed by atoms with van der Waals surface area (Å²) in [6.45, 7) is 1.94. The Hall–Kier alpha value is -2.47. The van der Waals surface area contributed by atoms with Gasteiger partial charge in [0.15, 0.2) is 5.69 Å². The largest absolute Gasteiger partial charge is 0.344 e. The molecule has 0 unspecified atom stereocenters. The van der Waals surface area contributed by atoms with Crippen molar-refractivity contribution in [3.8, 4) is 5.69 Å². The number of para-hydroxylation sites is 1. The molecule has 1 atom stereocenters. The fourth-order valence-electron chi connectivity index (χ4n) is 2.22. The van der Waals surface area contributed by atoms with E-state index in [0.717, 1.165) is 15.7 Å². The molecular formula is C17H15BrN4O. The predicted molar refractivity (Wildman–Crippen MR) is 91.4 cm³/mol. The summed E-state index contributed by atoms with van der Waals surface area (Å²) in [7, 11) is 0. The molecule has 0 bridgehead atoms. The summed E-state index contributed by atoms with van der Waals surface area (Å²) >= 11 is 3.46. The number of rotatable bonds is 4. The number of halogens is 1. The minimum absolute atomic E-state index is 0.0997. The molecule has 23 heavy (non-hydrogen) atoms. The van der Waals surface area contributed by atoms with Gasteiger partial charge >= 0.3 is 0 Å². The maximum Gasteiger partial charge on any atom is 0.273 e. The van der Waals surface area contributed by atoms with Crippen LogP contribution in [0.25, 0.3) is 5.69 Å². The Kier molecular flexibility index (Phi) is 4.52. The molecule has 0 saturated heterocycles.